The van der Waals surface area contributed by atoms with Crippen LogP contribution in [0, 0.1) is 0 Å². The van der Waals surface area contributed by atoms with E-state index in [1.165, 1.54) is 0 Å². The predicted octanol–water partition coefficient (Wildman–Crippen LogP) is 1.26. The maximum absolute atomic E-state index is 11.9. The summed E-state index contributed by atoms with van der Waals surface area (Å²) in [5.74, 6) is 0.336. The summed E-state index contributed by atoms with van der Waals surface area (Å²) >= 11 is 3.40. The van der Waals surface area contributed by atoms with Crippen molar-refractivity contribution >= 4 is 21.8 Å². The Morgan fingerprint density at radius 3 is 2.39 bits per heavy atom. The van der Waals surface area contributed by atoms with E-state index in [0.29, 0.717) is 12.3 Å². The number of hydrogen-bond acceptors (Lipinski definition) is 3. The van der Waals surface area contributed by atoms with Crippen LogP contribution in [0.2, 0.25) is 0 Å². The smallest absolute Gasteiger partial charge is 0.222 e. The highest BCUT2D eigenvalue weighted by Gasteiger charge is 2.20. The number of rotatable bonds is 7. The molecule has 0 saturated carbocycles. The van der Waals surface area contributed by atoms with Crippen molar-refractivity contribution in [3.63, 3.8) is 0 Å². The van der Waals surface area contributed by atoms with Crippen LogP contribution in [0.15, 0.2) is 0 Å². The van der Waals surface area contributed by atoms with E-state index < -0.39 is 0 Å². The molecular formula is C13H26BrN3O. The second kappa shape index (κ2) is 8.88. The van der Waals surface area contributed by atoms with Crippen LogP contribution in [0.25, 0.3) is 0 Å². The number of amides is 1. The van der Waals surface area contributed by atoms with Gasteiger partial charge in [-0.25, -0.2) is 0 Å². The highest BCUT2D eigenvalue weighted by molar-refractivity contribution is 9.09. The van der Waals surface area contributed by atoms with Crippen molar-refractivity contribution in [1.29, 1.82) is 0 Å². The molecule has 0 unspecified atom stereocenters. The average molecular weight is 320 g/mol. The summed E-state index contributed by atoms with van der Waals surface area (Å²) in [6.45, 7) is 6.06. The molecule has 4 nitrogen and oxygen atoms in total. The molecule has 0 bridgehead atoms. The zero-order valence-electron chi connectivity index (χ0n) is 11.7. The monoisotopic (exact) mass is 319 g/mol. The van der Waals surface area contributed by atoms with E-state index in [2.05, 4.69) is 39.8 Å². The van der Waals surface area contributed by atoms with Gasteiger partial charge in [-0.2, -0.15) is 0 Å². The summed E-state index contributed by atoms with van der Waals surface area (Å²) < 4.78 is 0. The summed E-state index contributed by atoms with van der Waals surface area (Å²) in [4.78, 5) is 18.6. The molecule has 18 heavy (non-hydrogen) atoms. The van der Waals surface area contributed by atoms with Gasteiger partial charge in [0.15, 0.2) is 0 Å². The minimum absolute atomic E-state index is 0.336. The van der Waals surface area contributed by atoms with Gasteiger partial charge in [-0.05, 0) is 26.9 Å². The quantitative estimate of drug-likeness (QED) is 0.522. The van der Waals surface area contributed by atoms with Gasteiger partial charge in [0.25, 0.3) is 0 Å². The van der Waals surface area contributed by atoms with Gasteiger partial charge >= 0.3 is 0 Å². The third-order valence-corrected chi connectivity index (χ3v) is 3.92. The summed E-state index contributed by atoms with van der Waals surface area (Å²) in [5, 5.41) is 0.999. The molecule has 0 aromatic carbocycles. The molecule has 0 N–H and O–H groups in total. The minimum atomic E-state index is 0.336. The number of carbonyl (C=O) groups excluding carboxylic acids is 1. The lowest BCUT2D eigenvalue weighted by molar-refractivity contribution is -0.133. The third-order valence-electron chi connectivity index (χ3n) is 3.36. The Balaban J connectivity index is 2.16. The van der Waals surface area contributed by atoms with Crippen LogP contribution < -0.4 is 0 Å². The lowest BCUT2D eigenvalue weighted by atomic mass is 10.2. The summed E-state index contributed by atoms with van der Waals surface area (Å²) in [6, 6.07) is 0. The standard InChI is InChI=1S/C13H26BrN3O/c1-15(2)7-8-16-9-11-17(12-10-16)13(18)5-3-4-6-14/h3-12H2,1-2H3. The van der Waals surface area contributed by atoms with Crippen molar-refractivity contribution in [2.75, 3.05) is 58.7 Å². The Morgan fingerprint density at radius 1 is 1.17 bits per heavy atom. The van der Waals surface area contributed by atoms with E-state index in [1.54, 1.807) is 0 Å². The normalized spacial score (nSPS) is 17.4. The molecule has 1 heterocycles. The molecule has 0 aromatic rings. The van der Waals surface area contributed by atoms with Gasteiger partial charge in [0.05, 0.1) is 0 Å². The summed E-state index contributed by atoms with van der Waals surface area (Å²) in [7, 11) is 4.20. The Bertz CT molecular complexity index is 240. The van der Waals surface area contributed by atoms with Crippen molar-refractivity contribution in [2.45, 2.75) is 19.3 Å². The van der Waals surface area contributed by atoms with E-state index in [4.69, 9.17) is 0 Å². The number of carbonyl (C=O) groups is 1. The molecule has 1 amide bonds. The second-order valence-corrected chi connectivity index (χ2v) is 5.96. The molecule has 0 spiro atoms. The third kappa shape index (κ3) is 6.16. The van der Waals surface area contributed by atoms with Crippen LogP contribution in [0.1, 0.15) is 19.3 Å². The van der Waals surface area contributed by atoms with Crippen molar-refractivity contribution < 1.29 is 4.79 Å². The Labute approximate surface area is 119 Å². The van der Waals surface area contributed by atoms with Crippen LogP contribution in [-0.2, 0) is 4.79 Å². The topological polar surface area (TPSA) is 26.8 Å². The number of alkyl halides is 1. The molecule has 0 atom stereocenters. The molecule has 1 aliphatic heterocycles. The molecule has 0 radical (unpaired) electrons. The minimum Gasteiger partial charge on any atom is -0.340 e. The maximum atomic E-state index is 11.9. The number of unbranched alkanes of at least 4 members (excludes halogenated alkanes) is 1. The van der Waals surface area contributed by atoms with Crippen LogP contribution >= 0.6 is 15.9 Å². The first-order valence-electron chi connectivity index (χ1n) is 6.84. The van der Waals surface area contributed by atoms with Gasteiger partial charge in [-0.15, -0.1) is 0 Å². The average Bonchev–Trinajstić information content (AvgIpc) is 2.37. The number of nitrogens with zero attached hydrogens (tertiary/aromatic N) is 3. The second-order valence-electron chi connectivity index (χ2n) is 5.17. The van der Waals surface area contributed by atoms with Crippen molar-refractivity contribution in [1.82, 2.24) is 14.7 Å². The van der Waals surface area contributed by atoms with Gasteiger partial charge in [0, 0.05) is 51.0 Å². The molecule has 1 fully saturated rings. The van der Waals surface area contributed by atoms with Gasteiger partial charge in [0.1, 0.15) is 0 Å². The van der Waals surface area contributed by atoms with Gasteiger partial charge in [0.2, 0.25) is 5.91 Å². The van der Waals surface area contributed by atoms with Gasteiger partial charge < -0.3 is 9.80 Å². The van der Waals surface area contributed by atoms with Gasteiger partial charge in [-0.1, -0.05) is 15.9 Å². The molecule has 0 aromatic heterocycles. The fourth-order valence-corrected chi connectivity index (χ4v) is 2.49. The lowest BCUT2D eigenvalue weighted by Crippen LogP contribution is -2.49. The molecule has 1 rings (SSSR count). The number of likely N-dealkylation sites (N-methyl/N-ethyl adjacent to an activating group) is 1. The number of hydrogen-bond donors (Lipinski definition) is 0. The predicted molar refractivity (Wildman–Crippen MR) is 79.2 cm³/mol. The first kappa shape index (κ1) is 15.9. The van der Waals surface area contributed by atoms with Crippen LogP contribution in [0.3, 0.4) is 0 Å². The zero-order valence-corrected chi connectivity index (χ0v) is 13.3. The molecule has 0 aliphatic carbocycles. The molecular weight excluding hydrogens is 294 g/mol. The maximum Gasteiger partial charge on any atom is 0.222 e. The molecule has 1 aliphatic rings. The first-order valence-corrected chi connectivity index (χ1v) is 7.96. The lowest BCUT2D eigenvalue weighted by Gasteiger charge is -2.35. The Hall–Kier alpha value is -0.130. The highest BCUT2D eigenvalue weighted by atomic mass is 79.9. The highest BCUT2D eigenvalue weighted by Crippen LogP contribution is 2.07. The number of halogens is 1. The number of piperazine rings is 1. The Morgan fingerprint density at radius 2 is 1.83 bits per heavy atom. The van der Waals surface area contributed by atoms with Crippen LogP contribution in [0.4, 0.5) is 0 Å². The van der Waals surface area contributed by atoms with Crippen molar-refractivity contribution in [3.8, 4) is 0 Å². The van der Waals surface area contributed by atoms with E-state index >= 15 is 0 Å². The van der Waals surface area contributed by atoms with E-state index in [0.717, 1.165) is 57.4 Å². The zero-order chi connectivity index (χ0) is 13.4. The summed E-state index contributed by atoms with van der Waals surface area (Å²) in [5.41, 5.74) is 0. The van der Waals surface area contributed by atoms with E-state index in [-0.39, 0.29) is 0 Å². The van der Waals surface area contributed by atoms with E-state index in [1.807, 2.05) is 4.90 Å². The first-order chi connectivity index (χ1) is 8.63. The van der Waals surface area contributed by atoms with Crippen LogP contribution in [0.5, 0.6) is 0 Å². The molecule has 1 saturated heterocycles. The SMILES string of the molecule is CN(C)CCN1CCN(C(=O)CCCCBr)CC1. The molecule has 106 valence electrons. The van der Waals surface area contributed by atoms with Crippen molar-refractivity contribution in [2.24, 2.45) is 0 Å². The van der Waals surface area contributed by atoms with E-state index in [9.17, 15) is 4.79 Å². The Kier molecular flexibility index (Phi) is 7.86. The fraction of sp³-hybridized carbons (Fsp3) is 0.923. The van der Waals surface area contributed by atoms with Gasteiger partial charge in [-0.3, -0.25) is 9.69 Å². The van der Waals surface area contributed by atoms with Crippen molar-refractivity contribution in [3.05, 3.63) is 0 Å². The molecule has 5 heteroatoms. The van der Waals surface area contributed by atoms with Crippen LogP contribution in [-0.4, -0.2) is 79.3 Å². The largest absolute Gasteiger partial charge is 0.340 e. The fourth-order valence-electron chi connectivity index (χ4n) is 2.09. The summed E-state index contributed by atoms with van der Waals surface area (Å²) in [6.07, 6.45) is 2.81.